The van der Waals surface area contributed by atoms with Gasteiger partial charge in [0, 0.05) is 12.7 Å². The molecule has 1 unspecified atom stereocenters. The fraction of sp³-hybridized carbons (Fsp3) is 0.444. The minimum absolute atomic E-state index is 0.116. The topological polar surface area (TPSA) is 51.5 Å². The summed E-state index contributed by atoms with van der Waals surface area (Å²) in [6.45, 7) is 1.32. The lowest BCUT2D eigenvalue weighted by atomic mass is 10.2. The largest absolute Gasteiger partial charge is 0.457 e. The van der Waals surface area contributed by atoms with E-state index in [9.17, 15) is 4.79 Å². The average molecular weight is 260 g/mol. The van der Waals surface area contributed by atoms with Crippen molar-refractivity contribution in [1.82, 2.24) is 5.32 Å². The van der Waals surface area contributed by atoms with Crippen LogP contribution in [-0.2, 0) is 4.74 Å². The number of carbonyl (C=O) groups is 1. The third-order valence-corrected chi connectivity index (χ3v) is 2.51. The third kappa shape index (κ3) is 2.16. The Bertz CT molecular complexity index is 331. The third-order valence-electron chi connectivity index (χ3n) is 2.09. The van der Waals surface area contributed by atoms with Gasteiger partial charge in [-0.3, -0.25) is 4.79 Å². The molecule has 1 aromatic heterocycles. The summed E-state index contributed by atoms with van der Waals surface area (Å²) in [6, 6.07) is 1.78. The molecule has 2 heterocycles. The molecule has 1 aliphatic heterocycles. The monoisotopic (exact) mass is 259 g/mol. The number of nitrogens with one attached hydrogen (secondary N) is 1. The zero-order valence-corrected chi connectivity index (χ0v) is 9.04. The highest BCUT2D eigenvalue weighted by Gasteiger charge is 2.19. The van der Waals surface area contributed by atoms with Gasteiger partial charge in [0.15, 0.2) is 4.67 Å². The Labute approximate surface area is 89.7 Å². The molecule has 4 nitrogen and oxygen atoms in total. The predicted molar refractivity (Wildman–Crippen MR) is 53.1 cm³/mol. The molecule has 1 aromatic rings. The highest BCUT2D eigenvalue weighted by molar-refractivity contribution is 9.10. The summed E-state index contributed by atoms with van der Waals surface area (Å²) in [7, 11) is 0. The van der Waals surface area contributed by atoms with Crippen LogP contribution in [0.4, 0.5) is 0 Å². The van der Waals surface area contributed by atoms with Gasteiger partial charge in [-0.2, -0.15) is 0 Å². The summed E-state index contributed by atoms with van der Waals surface area (Å²) >= 11 is 3.14. The van der Waals surface area contributed by atoms with E-state index in [0.29, 0.717) is 16.8 Å². The Balaban J connectivity index is 1.95. The number of ether oxygens (including phenoxy) is 1. The van der Waals surface area contributed by atoms with Crippen molar-refractivity contribution in [2.75, 3.05) is 13.2 Å². The molecule has 0 aliphatic carbocycles. The Morgan fingerprint density at radius 2 is 2.50 bits per heavy atom. The van der Waals surface area contributed by atoms with Gasteiger partial charge >= 0.3 is 0 Å². The normalized spacial score (nSPS) is 21.1. The standard InChI is InChI=1S/C9H10BrNO3/c10-8-3-6(4-14-8)9(12)11-7-1-2-13-5-7/h3-4,7H,1-2,5H2,(H,11,12). The summed E-state index contributed by atoms with van der Waals surface area (Å²) in [5, 5.41) is 2.86. The second kappa shape index (κ2) is 4.14. The molecule has 14 heavy (non-hydrogen) atoms. The van der Waals surface area contributed by atoms with E-state index in [-0.39, 0.29) is 11.9 Å². The first kappa shape index (κ1) is 9.73. The van der Waals surface area contributed by atoms with Crippen molar-refractivity contribution in [2.24, 2.45) is 0 Å². The Hall–Kier alpha value is -0.810. The molecule has 76 valence electrons. The van der Waals surface area contributed by atoms with Crippen LogP contribution in [0.25, 0.3) is 0 Å². The molecule has 1 amide bonds. The minimum atomic E-state index is -0.116. The van der Waals surface area contributed by atoms with Gasteiger partial charge in [0.1, 0.15) is 6.26 Å². The van der Waals surface area contributed by atoms with Gasteiger partial charge in [0.2, 0.25) is 0 Å². The number of furan rings is 1. The number of hydrogen-bond donors (Lipinski definition) is 1. The van der Waals surface area contributed by atoms with Crippen LogP contribution in [0.1, 0.15) is 16.8 Å². The predicted octanol–water partition coefficient (Wildman–Crippen LogP) is 1.56. The van der Waals surface area contributed by atoms with Crippen LogP contribution in [0.3, 0.4) is 0 Å². The molecule has 0 bridgehead atoms. The smallest absolute Gasteiger partial charge is 0.254 e. The fourth-order valence-corrected chi connectivity index (χ4v) is 1.69. The van der Waals surface area contributed by atoms with E-state index in [4.69, 9.17) is 9.15 Å². The molecule has 1 atom stereocenters. The Morgan fingerprint density at radius 3 is 3.07 bits per heavy atom. The summed E-state index contributed by atoms with van der Waals surface area (Å²) in [6.07, 6.45) is 2.31. The van der Waals surface area contributed by atoms with E-state index >= 15 is 0 Å². The fourth-order valence-electron chi connectivity index (χ4n) is 1.35. The molecule has 5 heteroatoms. The number of carbonyl (C=O) groups excluding carboxylic acids is 1. The first-order valence-electron chi connectivity index (χ1n) is 4.38. The zero-order chi connectivity index (χ0) is 9.97. The number of halogens is 1. The molecule has 1 saturated heterocycles. The Kier molecular flexibility index (Phi) is 2.88. The van der Waals surface area contributed by atoms with Crippen LogP contribution in [0.5, 0.6) is 0 Å². The highest BCUT2D eigenvalue weighted by atomic mass is 79.9. The molecule has 0 aromatic carbocycles. The van der Waals surface area contributed by atoms with Crippen LogP contribution >= 0.6 is 15.9 Å². The van der Waals surface area contributed by atoms with E-state index in [1.807, 2.05) is 0 Å². The molecule has 1 aliphatic rings. The van der Waals surface area contributed by atoms with E-state index in [2.05, 4.69) is 21.2 Å². The van der Waals surface area contributed by atoms with Gasteiger partial charge in [-0.15, -0.1) is 0 Å². The van der Waals surface area contributed by atoms with Crippen LogP contribution < -0.4 is 5.32 Å². The maximum absolute atomic E-state index is 11.6. The van der Waals surface area contributed by atoms with Crippen molar-refractivity contribution >= 4 is 21.8 Å². The van der Waals surface area contributed by atoms with Gasteiger partial charge in [0.25, 0.3) is 5.91 Å². The van der Waals surface area contributed by atoms with Crippen molar-refractivity contribution in [1.29, 1.82) is 0 Å². The molecule has 0 radical (unpaired) electrons. The van der Waals surface area contributed by atoms with E-state index in [1.165, 1.54) is 6.26 Å². The van der Waals surface area contributed by atoms with Gasteiger partial charge in [-0.05, 0) is 22.4 Å². The van der Waals surface area contributed by atoms with Crippen molar-refractivity contribution in [3.63, 3.8) is 0 Å². The average Bonchev–Trinajstić information content (AvgIpc) is 2.75. The number of hydrogen-bond acceptors (Lipinski definition) is 3. The SMILES string of the molecule is O=C(NC1CCOC1)c1coc(Br)c1. The van der Waals surface area contributed by atoms with Crippen LogP contribution in [0.15, 0.2) is 21.4 Å². The lowest BCUT2D eigenvalue weighted by Crippen LogP contribution is -2.34. The zero-order valence-electron chi connectivity index (χ0n) is 7.46. The molecular formula is C9H10BrNO3. The number of rotatable bonds is 2. The quantitative estimate of drug-likeness (QED) is 0.877. The van der Waals surface area contributed by atoms with Gasteiger partial charge < -0.3 is 14.5 Å². The van der Waals surface area contributed by atoms with Gasteiger partial charge in [-0.1, -0.05) is 0 Å². The summed E-state index contributed by atoms with van der Waals surface area (Å²) in [4.78, 5) is 11.6. The second-order valence-corrected chi connectivity index (χ2v) is 3.96. The molecule has 0 saturated carbocycles. The molecule has 0 spiro atoms. The van der Waals surface area contributed by atoms with Gasteiger partial charge in [0.05, 0.1) is 18.2 Å². The highest BCUT2D eigenvalue weighted by Crippen LogP contribution is 2.14. The lowest BCUT2D eigenvalue weighted by molar-refractivity contribution is 0.0929. The molecule has 2 rings (SSSR count). The molecule has 1 fully saturated rings. The lowest BCUT2D eigenvalue weighted by Gasteiger charge is -2.08. The van der Waals surface area contributed by atoms with Crippen molar-refractivity contribution in [2.45, 2.75) is 12.5 Å². The maximum Gasteiger partial charge on any atom is 0.254 e. The van der Waals surface area contributed by atoms with Crippen LogP contribution in [-0.4, -0.2) is 25.2 Å². The van der Waals surface area contributed by atoms with E-state index in [1.54, 1.807) is 6.07 Å². The van der Waals surface area contributed by atoms with E-state index < -0.39 is 0 Å². The first-order chi connectivity index (χ1) is 6.75. The van der Waals surface area contributed by atoms with E-state index in [0.717, 1.165) is 13.0 Å². The second-order valence-electron chi connectivity index (χ2n) is 3.17. The van der Waals surface area contributed by atoms with Gasteiger partial charge in [-0.25, -0.2) is 0 Å². The van der Waals surface area contributed by atoms with Crippen LogP contribution in [0, 0.1) is 0 Å². The van der Waals surface area contributed by atoms with Crippen molar-refractivity contribution < 1.29 is 13.9 Å². The summed E-state index contributed by atoms with van der Waals surface area (Å²) in [5.41, 5.74) is 0.531. The van der Waals surface area contributed by atoms with Crippen molar-refractivity contribution in [3.8, 4) is 0 Å². The summed E-state index contributed by atoms with van der Waals surface area (Å²) in [5.74, 6) is -0.116. The summed E-state index contributed by atoms with van der Waals surface area (Å²) < 4.78 is 10.7. The minimum Gasteiger partial charge on any atom is -0.457 e. The first-order valence-corrected chi connectivity index (χ1v) is 5.17. The van der Waals surface area contributed by atoms with Crippen molar-refractivity contribution in [3.05, 3.63) is 22.6 Å². The molecular weight excluding hydrogens is 250 g/mol. The maximum atomic E-state index is 11.6. The Morgan fingerprint density at radius 1 is 1.64 bits per heavy atom. The molecule has 1 N–H and O–H groups in total. The number of amides is 1. The van der Waals surface area contributed by atoms with Crippen LogP contribution in [0.2, 0.25) is 0 Å².